The van der Waals surface area contributed by atoms with Crippen molar-refractivity contribution in [1.82, 2.24) is 16.0 Å². The molecule has 3 N–H and O–H groups in total. The van der Waals surface area contributed by atoms with Gasteiger partial charge in [0.05, 0.1) is 10.6 Å². The van der Waals surface area contributed by atoms with Crippen LogP contribution in [0.25, 0.3) is 0 Å². The van der Waals surface area contributed by atoms with E-state index >= 15 is 0 Å². The minimum absolute atomic E-state index is 0.129. The van der Waals surface area contributed by atoms with Crippen molar-refractivity contribution in [3.63, 3.8) is 0 Å². The van der Waals surface area contributed by atoms with Crippen LogP contribution in [-0.4, -0.2) is 37.0 Å². The van der Waals surface area contributed by atoms with Gasteiger partial charge in [0.15, 0.2) is 6.61 Å². The van der Waals surface area contributed by atoms with E-state index in [1.807, 2.05) is 35.6 Å². The maximum atomic E-state index is 12.0. The molecule has 0 atom stereocenters. The molecule has 0 fully saturated rings. The largest absolute Gasteiger partial charge is 0.454 e. The summed E-state index contributed by atoms with van der Waals surface area (Å²) in [6.45, 7) is -0.917. The molecule has 10 heteroatoms. The zero-order chi connectivity index (χ0) is 21.2. The fourth-order valence-corrected chi connectivity index (χ4v) is 2.60. The zero-order valence-corrected chi connectivity index (χ0v) is 16.5. The van der Waals surface area contributed by atoms with Crippen molar-refractivity contribution in [3.8, 4) is 0 Å². The number of hydrogen-bond donors (Lipinski definition) is 3. The summed E-state index contributed by atoms with van der Waals surface area (Å²) < 4.78 is 4.70. The fourth-order valence-electron chi connectivity index (χ4n) is 2.10. The summed E-state index contributed by atoms with van der Waals surface area (Å²) in [6.07, 6.45) is 0. The predicted molar refractivity (Wildman–Crippen MR) is 107 cm³/mol. The molecule has 0 aromatic heterocycles. The van der Waals surface area contributed by atoms with Crippen molar-refractivity contribution in [1.29, 1.82) is 0 Å². The van der Waals surface area contributed by atoms with Crippen LogP contribution in [0.15, 0.2) is 48.5 Å². The second-order valence-electron chi connectivity index (χ2n) is 5.68. The molecule has 0 saturated heterocycles. The molecule has 0 heterocycles. The molecule has 29 heavy (non-hydrogen) atoms. The van der Waals surface area contributed by atoms with Crippen molar-refractivity contribution in [3.05, 3.63) is 69.7 Å². The Labute approximate surface area is 176 Å². The third-order valence-corrected chi connectivity index (χ3v) is 4.03. The monoisotopic (exact) mass is 437 g/mol. The minimum Gasteiger partial charge on any atom is -0.454 e. The molecule has 0 bridgehead atoms. The molecule has 8 nitrogen and oxygen atoms in total. The van der Waals surface area contributed by atoms with Gasteiger partial charge < -0.3 is 15.4 Å². The molecular formula is C19H17Cl2N3O5. The highest BCUT2D eigenvalue weighted by Crippen LogP contribution is 2.20. The predicted octanol–water partition coefficient (Wildman–Crippen LogP) is 2.29. The minimum atomic E-state index is -0.858. The zero-order valence-electron chi connectivity index (χ0n) is 15.0. The van der Waals surface area contributed by atoms with E-state index in [9.17, 15) is 19.2 Å². The Morgan fingerprint density at radius 1 is 0.931 bits per heavy atom. The number of carbonyl (C=O) groups is 4. The average Bonchev–Trinajstić information content (AvgIpc) is 2.69. The molecule has 0 aliphatic rings. The summed E-state index contributed by atoms with van der Waals surface area (Å²) in [4.78, 5) is 46.9. The van der Waals surface area contributed by atoms with Gasteiger partial charge in [-0.15, -0.1) is 0 Å². The first kappa shape index (κ1) is 22.2. The van der Waals surface area contributed by atoms with Crippen molar-refractivity contribution in [2.45, 2.75) is 6.54 Å². The highest BCUT2D eigenvalue weighted by molar-refractivity contribution is 6.36. The summed E-state index contributed by atoms with van der Waals surface area (Å²) in [5.41, 5.74) is 0.995. The van der Waals surface area contributed by atoms with E-state index in [1.165, 1.54) is 18.2 Å². The van der Waals surface area contributed by atoms with Crippen LogP contribution in [0.1, 0.15) is 15.9 Å². The van der Waals surface area contributed by atoms with E-state index in [-0.39, 0.29) is 17.1 Å². The third-order valence-electron chi connectivity index (χ3n) is 3.48. The van der Waals surface area contributed by atoms with Crippen LogP contribution in [0.2, 0.25) is 10.0 Å². The van der Waals surface area contributed by atoms with Crippen LogP contribution in [-0.2, 0) is 20.9 Å². The number of amides is 4. The highest BCUT2D eigenvalue weighted by Gasteiger charge is 2.14. The number of halogens is 2. The second-order valence-corrected chi connectivity index (χ2v) is 6.53. The van der Waals surface area contributed by atoms with Gasteiger partial charge in [-0.2, -0.15) is 0 Å². The normalized spacial score (nSPS) is 10.0. The molecule has 0 spiro atoms. The summed E-state index contributed by atoms with van der Waals surface area (Å²) in [7, 11) is 0. The van der Waals surface area contributed by atoms with Crippen molar-refractivity contribution in [2.24, 2.45) is 0 Å². The summed E-state index contributed by atoms with van der Waals surface area (Å²) >= 11 is 11.7. The van der Waals surface area contributed by atoms with E-state index in [4.69, 9.17) is 27.9 Å². The second kappa shape index (κ2) is 11.0. The number of carbonyl (C=O) groups excluding carboxylic acids is 4. The van der Waals surface area contributed by atoms with Gasteiger partial charge in [0, 0.05) is 11.6 Å². The summed E-state index contributed by atoms with van der Waals surface area (Å²) in [6, 6.07) is 12.7. The number of nitrogens with one attached hydrogen (secondary N) is 3. The van der Waals surface area contributed by atoms with E-state index in [0.29, 0.717) is 5.02 Å². The van der Waals surface area contributed by atoms with Gasteiger partial charge in [0.1, 0.15) is 6.54 Å². The standard InChI is InChI=1S/C19H17Cl2N3O5/c20-13-6-7-14(15(21)8-13)18(27)22-10-17(26)29-11-16(25)24-19(28)23-9-12-4-2-1-3-5-12/h1-8H,9-11H2,(H,22,27)(H2,23,24,25,28). The lowest BCUT2D eigenvalue weighted by atomic mass is 10.2. The molecule has 0 saturated carbocycles. The molecule has 0 aliphatic carbocycles. The third kappa shape index (κ3) is 7.81. The van der Waals surface area contributed by atoms with Crippen molar-refractivity contribution in [2.75, 3.05) is 13.2 Å². The van der Waals surface area contributed by atoms with Gasteiger partial charge in [-0.3, -0.25) is 19.7 Å². The van der Waals surface area contributed by atoms with E-state index < -0.39 is 37.0 Å². The van der Waals surface area contributed by atoms with Crippen LogP contribution in [0.3, 0.4) is 0 Å². The number of imide groups is 1. The molecule has 152 valence electrons. The van der Waals surface area contributed by atoms with Crippen LogP contribution in [0, 0.1) is 0 Å². The maximum absolute atomic E-state index is 12.0. The molecular weight excluding hydrogens is 421 g/mol. The summed E-state index contributed by atoms with van der Waals surface area (Å²) in [5.74, 6) is -2.27. The lowest BCUT2D eigenvalue weighted by molar-refractivity contribution is -0.147. The number of benzene rings is 2. The van der Waals surface area contributed by atoms with Gasteiger partial charge in [-0.25, -0.2) is 4.79 Å². The van der Waals surface area contributed by atoms with E-state index in [2.05, 4.69) is 10.6 Å². The molecule has 0 aliphatic heterocycles. The Hall–Kier alpha value is -3.10. The van der Waals surface area contributed by atoms with Crippen molar-refractivity contribution < 1.29 is 23.9 Å². The molecule has 2 rings (SSSR count). The number of esters is 1. The van der Waals surface area contributed by atoms with Gasteiger partial charge in [-0.05, 0) is 23.8 Å². The lowest BCUT2D eigenvalue weighted by Gasteiger charge is -2.09. The highest BCUT2D eigenvalue weighted by atomic mass is 35.5. The number of rotatable bonds is 7. The Morgan fingerprint density at radius 2 is 1.66 bits per heavy atom. The lowest BCUT2D eigenvalue weighted by Crippen LogP contribution is -2.41. The fraction of sp³-hybridized carbons (Fsp3) is 0.158. The first-order valence-corrected chi connectivity index (χ1v) is 9.11. The van der Waals surface area contributed by atoms with Crippen molar-refractivity contribution >= 4 is 47.0 Å². The summed E-state index contributed by atoms with van der Waals surface area (Å²) in [5, 5.41) is 7.32. The molecule has 2 aromatic rings. The Kier molecular flexibility index (Phi) is 8.45. The molecule has 0 radical (unpaired) electrons. The topological polar surface area (TPSA) is 114 Å². The van der Waals surface area contributed by atoms with Crippen LogP contribution in [0.4, 0.5) is 4.79 Å². The number of ether oxygens (including phenoxy) is 1. The Morgan fingerprint density at radius 3 is 2.34 bits per heavy atom. The average molecular weight is 438 g/mol. The Bertz CT molecular complexity index is 906. The molecule has 4 amide bonds. The maximum Gasteiger partial charge on any atom is 0.325 e. The first-order chi connectivity index (χ1) is 13.8. The quantitative estimate of drug-likeness (QED) is 0.575. The van der Waals surface area contributed by atoms with Gasteiger partial charge in [-0.1, -0.05) is 53.5 Å². The van der Waals surface area contributed by atoms with E-state index in [0.717, 1.165) is 5.56 Å². The molecule has 0 unspecified atom stereocenters. The van der Waals surface area contributed by atoms with Crippen LogP contribution < -0.4 is 16.0 Å². The Balaban J connectivity index is 1.66. The molecule has 2 aromatic carbocycles. The van der Waals surface area contributed by atoms with Crippen LogP contribution >= 0.6 is 23.2 Å². The van der Waals surface area contributed by atoms with Gasteiger partial charge in [0.2, 0.25) is 0 Å². The SMILES string of the molecule is O=C(COC(=O)CNC(=O)c1ccc(Cl)cc1Cl)NC(=O)NCc1ccccc1. The number of hydrogen-bond acceptors (Lipinski definition) is 5. The smallest absolute Gasteiger partial charge is 0.325 e. The van der Waals surface area contributed by atoms with Gasteiger partial charge >= 0.3 is 12.0 Å². The van der Waals surface area contributed by atoms with Gasteiger partial charge in [0.25, 0.3) is 11.8 Å². The van der Waals surface area contributed by atoms with Crippen LogP contribution in [0.5, 0.6) is 0 Å². The number of urea groups is 1. The first-order valence-electron chi connectivity index (χ1n) is 8.35. The van der Waals surface area contributed by atoms with E-state index in [1.54, 1.807) is 0 Å².